The van der Waals surface area contributed by atoms with E-state index in [0.29, 0.717) is 23.1 Å². The van der Waals surface area contributed by atoms with Crippen LogP contribution >= 0.6 is 0 Å². The summed E-state index contributed by atoms with van der Waals surface area (Å²) in [4.78, 5) is 24.4. The Hall–Kier alpha value is -3.03. The van der Waals surface area contributed by atoms with Crippen molar-refractivity contribution in [1.29, 1.82) is 0 Å². The molecule has 1 amide bonds. The van der Waals surface area contributed by atoms with Crippen molar-refractivity contribution in [3.8, 4) is 5.75 Å². The van der Waals surface area contributed by atoms with Gasteiger partial charge in [-0.3, -0.25) is 4.79 Å². The molecule has 0 saturated heterocycles. The number of carboxylic acid groups (broad SMARTS) is 1. The Kier molecular flexibility index (Phi) is 8.81. The summed E-state index contributed by atoms with van der Waals surface area (Å²) < 4.78 is 43.6. The molecule has 3 rings (SSSR count). The first-order chi connectivity index (χ1) is 16.5. The van der Waals surface area contributed by atoms with Crippen molar-refractivity contribution in [2.45, 2.75) is 64.8 Å². The second kappa shape index (κ2) is 11.6. The topological polar surface area (TPSA) is 75.6 Å². The lowest BCUT2D eigenvalue weighted by Crippen LogP contribution is -2.45. The number of rotatable bonds is 9. The Balaban J connectivity index is 1.51. The zero-order valence-electron chi connectivity index (χ0n) is 20.0. The maximum absolute atomic E-state index is 12.7. The predicted octanol–water partition coefficient (Wildman–Crippen LogP) is 5.86. The number of amides is 1. The van der Waals surface area contributed by atoms with E-state index in [9.17, 15) is 27.9 Å². The Labute approximate surface area is 203 Å². The van der Waals surface area contributed by atoms with Crippen molar-refractivity contribution < 1.29 is 32.6 Å². The van der Waals surface area contributed by atoms with E-state index in [1.807, 2.05) is 0 Å². The monoisotopic (exact) mass is 491 g/mol. The molecule has 0 heterocycles. The number of carbonyl (C=O) groups is 2. The highest BCUT2D eigenvalue weighted by atomic mass is 19.4. The van der Waals surface area contributed by atoms with Gasteiger partial charge in [-0.05, 0) is 72.9 Å². The Morgan fingerprint density at radius 3 is 2.06 bits per heavy atom. The molecular weight excluding hydrogens is 459 g/mol. The zero-order chi connectivity index (χ0) is 25.6. The third-order valence-corrected chi connectivity index (χ3v) is 6.75. The standard InChI is InChI=1S/C27H32F3NO4/c1-17(2)20-7-9-21(10-8-20)25(32)31-24(26(33)34)15-18-5-13-23(14-6-18)35-16-19-3-11-22(12-4-19)27(28,29)30/h3-6,11-14,17,20-21,24H,7-10,15-16H2,1-2H3,(H,31,32)(H,33,34)/t20?,21?,24-/m0/s1. The molecule has 1 atom stereocenters. The molecule has 1 aliphatic carbocycles. The summed E-state index contributed by atoms with van der Waals surface area (Å²) in [7, 11) is 0. The van der Waals surface area contributed by atoms with Gasteiger partial charge in [-0.2, -0.15) is 13.2 Å². The fourth-order valence-electron chi connectivity index (χ4n) is 4.45. The molecule has 1 fully saturated rings. The second-order valence-electron chi connectivity index (χ2n) is 9.59. The van der Waals surface area contributed by atoms with Gasteiger partial charge in [0.1, 0.15) is 18.4 Å². The second-order valence-corrected chi connectivity index (χ2v) is 9.59. The van der Waals surface area contributed by atoms with Crippen molar-refractivity contribution in [3.63, 3.8) is 0 Å². The summed E-state index contributed by atoms with van der Waals surface area (Å²) in [5, 5.41) is 12.3. The molecule has 0 aromatic heterocycles. The quantitative estimate of drug-likeness (QED) is 0.461. The first-order valence-electron chi connectivity index (χ1n) is 11.9. The van der Waals surface area contributed by atoms with Crippen LogP contribution in [-0.4, -0.2) is 23.0 Å². The number of ether oxygens (including phenoxy) is 1. The Morgan fingerprint density at radius 2 is 1.54 bits per heavy atom. The number of hydrogen-bond donors (Lipinski definition) is 2. The van der Waals surface area contributed by atoms with Crippen molar-refractivity contribution >= 4 is 11.9 Å². The fraction of sp³-hybridized carbons (Fsp3) is 0.481. The van der Waals surface area contributed by atoms with Crippen molar-refractivity contribution in [2.75, 3.05) is 0 Å². The SMILES string of the molecule is CC(C)C1CCC(C(=O)N[C@@H](Cc2ccc(OCc3ccc(C(F)(F)F)cc3)cc2)C(=O)O)CC1. The number of benzene rings is 2. The molecule has 0 bridgehead atoms. The third kappa shape index (κ3) is 7.73. The summed E-state index contributed by atoms with van der Waals surface area (Å²) in [6.07, 6.45) is -0.696. The molecule has 2 aromatic carbocycles. The lowest BCUT2D eigenvalue weighted by atomic mass is 9.76. The van der Waals surface area contributed by atoms with Gasteiger partial charge in [0.2, 0.25) is 5.91 Å². The van der Waals surface area contributed by atoms with Crippen LogP contribution < -0.4 is 10.1 Å². The van der Waals surface area contributed by atoms with Crippen LogP contribution in [-0.2, 0) is 28.8 Å². The van der Waals surface area contributed by atoms with Gasteiger partial charge >= 0.3 is 12.1 Å². The summed E-state index contributed by atoms with van der Waals surface area (Å²) >= 11 is 0. The lowest BCUT2D eigenvalue weighted by molar-refractivity contribution is -0.142. The van der Waals surface area contributed by atoms with Gasteiger partial charge in [0, 0.05) is 12.3 Å². The molecule has 2 N–H and O–H groups in total. The third-order valence-electron chi connectivity index (χ3n) is 6.75. The van der Waals surface area contributed by atoms with Gasteiger partial charge in [0.15, 0.2) is 0 Å². The van der Waals surface area contributed by atoms with Crippen LogP contribution in [0.4, 0.5) is 13.2 Å². The van der Waals surface area contributed by atoms with Gasteiger partial charge in [0.05, 0.1) is 5.56 Å². The Morgan fingerprint density at radius 1 is 0.971 bits per heavy atom. The number of aliphatic carboxylic acids is 1. The largest absolute Gasteiger partial charge is 0.489 e. The van der Waals surface area contributed by atoms with Gasteiger partial charge in [-0.25, -0.2) is 4.79 Å². The molecule has 0 radical (unpaired) electrons. The normalized spacial score (nSPS) is 19.3. The van der Waals surface area contributed by atoms with E-state index in [1.54, 1.807) is 24.3 Å². The molecule has 5 nitrogen and oxygen atoms in total. The lowest BCUT2D eigenvalue weighted by Gasteiger charge is -2.30. The molecule has 8 heteroatoms. The molecule has 1 saturated carbocycles. The van der Waals surface area contributed by atoms with Crippen molar-refractivity contribution in [3.05, 3.63) is 65.2 Å². The minimum absolute atomic E-state index is 0.102. The molecule has 190 valence electrons. The molecular formula is C27H32F3NO4. The van der Waals surface area contributed by atoms with Gasteiger partial charge < -0.3 is 15.2 Å². The average molecular weight is 492 g/mol. The number of alkyl halides is 3. The number of carbonyl (C=O) groups excluding carboxylic acids is 1. The molecule has 2 aromatic rings. The predicted molar refractivity (Wildman–Crippen MR) is 126 cm³/mol. The van der Waals surface area contributed by atoms with E-state index >= 15 is 0 Å². The van der Waals surface area contributed by atoms with Crippen LogP contribution in [0.3, 0.4) is 0 Å². The minimum atomic E-state index is -4.38. The van der Waals surface area contributed by atoms with E-state index in [1.165, 1.54) is 12.1 Å². The van der Waals surface area contributed by atoms with Gasteiger partial charge in [0.25, 0.3) is 0 Å². The maximum atomic E-state index is 12.7. The highest BCUT2D eigenvalue weighted by Gasteiger charge is 2.31. The Bertz CT molecular complexity index is 979. The van der Waals surface area contributed by atoms with Gasteiger partial charge in [-0.15, -0.1) is 0 Å². The van der Waals surface area contributed by atoms with Crippen LogP contribution in [0, 0.1) is 17.8 Å². The maximum Gasteiger partial charge on any atom is 0.416 e. The highest BCUT2D eigenvalue weighted by Crippen LogP contribution is 2.33. The minimum Gasteiger partial charge on any atom is -0.489 e. The first-order valence-corrected chi connectivity index (χ1v) is 11.9. The first kappa shape index (κ1) is 26.6. The summed E-state index contributed by atoms with van der Waals surface area (Å²) in [6, 6.07) is 10.5. The van der Waals surface area contributed by atoms with E-state index < -0.39 is 23.8 Å². The fourth-order valence-corrected chi connectivity index (χ4v) is 4.45. The molecule has 0 spiro atoms. The summed E-state index contributed by atoms with van der Waals surface area (Å²) in [5.41, 5.74) is 0.607. The van der Waals surface area contributed by atoms with E-state index in [2.05, 4.69) is 19.2 Å². The van der Waals surface area contributed by atoms with Crippen LogP contribution in [0.1, 0.15) is 56.2 Å². The smallest absolute Gasteiger partial charge is 0.416 e. The van der Waals surface area contributed by atoms with Crippen molar-refractivity contribution in [1.82, 2.24) is 5.32 Å². The molecule has 0 aliphatic heterocycles. The number of hydrogen-bond acceptors (Lipinski definition) is 3. The van der Waals surface area contributed by atoms with E-state index in [-0.39, 0.29) is 24.9 Å². The van der Waals surface area contributed by atoms with E-state index in [0.717, 1.165) is 43.4 Å². The van der Waals surface area contributed by atoms with Crippen molar-refractivity contribution in [2.24, 2.45) is 17.8 Å². The van der Waals surface area contributed by atoms with Gasteiger partial charge in [-0.1, -0.05) is 38.1 Å². The molecule has 35 heavy (non-hydrogen) atoms. The average Bonchev–Trinajstić information content (AvgIpc) is 2.82. The van der Waals surface area contributed by atoms with Crippen LogP contribution in [0.5, 0.6) is 5.75 Å². The van der Waals surface area contributed by atoms with Crippen LogP contribution in [0.2, 0.25) is 0 Å². The summed E-state index contributed by atoms with van der Waals surface area (Å²) in [6.45, 7) is 4.48. The number of carboxylic acids is 1. The van der Waals surface area contributed by atoms with Crippen LogP contribution in [0.25, 0.3) is 0 Å². The highest BCUT2D eigenvalue weighted by molar-refractivity contribution is 5.85. The number of nitrogens with one attached hydrogen (secondary N) is 1. The molecule has 0 unspecified atom stereocenters. The molecule has 1 aliphatic rings. The van der Waals surface area contributed by atoms with E-state index in [4.69, 9.17) is 4.74 Å². The number of halogens is 3. The summed E-state index contributed by atoms with van der Waals surface area (Å²) in [5.74, 6) is 0.286. The van der Waals surface area contributed by atoms with Crippen LogP contribution in [0.15, 0.2) is 48.5 Å². The zero-order valence-corrected chi connectivity index (χ0v) is 20.0.